The third kappa shape index (κ3) is 4.36. The average Bonchev–Trinajstić information content (AvgIpc) is 3.34. The van der Waals surface area contributed by atoms with E-state index in [0.717, 1.165) is 64.8 Å². The van der Waals surface area contributed by atoms with Gasteiger partial charge >= 0.3 is 5.97 Å². The molecule has 1 aliphatic carbocycles. The molecule has 0 spiro atoms. The molecule has 5 rings (SSSR count). The second-order valence-corrected chi connectivity index (χ2v) is 8.58. The quantitative estimate of drug-likeness (QED) is 0.437. The first-order chi connectivity index (χ1) is 16.1. The zero-order valence-electron chi connectivity index (χ0n) is 18.8. The Labute approximate surface area is 192 Å². The van der Waals surface area contributed by atoms with Gasteiger partial charge in [-0.1, -0.05) is 12.1 Å². The highest BCUT2D eigenvalue weighted by atomic mass is 16.5. The molecule has 168 valence electrons. The molecule has 0 bridgehead atoms. The summed E-state index contributed by atoms with van der Waals surface area (Å²) in [7, 11) is 1.98. The SMILES string of the molecule is CN[C@H]1CC[C@H](OC(=O)c2ccnc3ccc(-c4cn[nH]c4-c4cccc(C)n4)cc23)CC1. The molecule has 33 heavy (non-hydrogen) atoms. The Morgan fingerprint density at radius 1 is 1.12 bits per heavy atom. The van der Waals surface area contributed by atoms with Crippen molar-refractivity contribution in [2.24, 2.45) is 0 Å². The summed E-state index contributed by atoms with van der Waals surface area (Å²) in [6.45, 7) is 1.96. The number of fused-ring (bicyclic) bond motifs is 1. The van der Waals surface area contributed by atoms with Gasteiger partial charge in [-0.15, -0.1) is 0 Å². The van der Waals surface area contributed by atoms with Crippen LogP contribution in [-0.2, 0) is 4.74 Å². The predicted octanol–water partition coefficient (Wildman–Crippen LogP) is 4.68. The first-order valence-electron chi connectivity index (χ1n) is 11.4. The van der Waals surface area contributed by atoms with Crippen LogP contribution in [0.2, 0.25) is 0 Å². The van der Waals surface area contributed by atoms with Crippen LogP contribution in [0.3, 0.4) is 0 Å². The number of aryl methyl sites for hydroxylation is 1. The van der Waals surface area contributed by atoms with E-state index in [-0.39, 0.29) is 12.1 Å². The molecule has 4 aromatic rings. The number of H-pyrrole nitrogens is 1. The summed E-state index contributed by atoms with van der Waals surface area (Å²) < 4.78 is 5.89. The fourth-order valence-corrected chi connectivity index (χ4v) is 4.56. The zero-order chi connectivity index (χ0) is 22.8. The van der Waals surface area contributed by atoms with Gasteiger partial charge < -0.3 is 10.1 Å². The summed E-state index contributed by atoms with van der Waals surface area (Å²) in [5.41, 5.74) is 5.75. The van der Waals surface area contributed by atoms with Crippen LogP contribution in [0.1, 0.15) is 41.7 Å². The smallest absolute Gasteiger partial charge is 0.339 e. The minimum atomic E-state index is -0.291. The van der Waals surface area contributed by atoms with Crippen molar-refractivity contribution in [1.29, 1.82) is 0 Å². The second-order valence-electron chi connectivity index (χ2n) is 8.58. The molecule has 1 saturated carbocycles. The van der Waals surface area contributed by atoms with Crippen molar-refractivity contribution in [3.05, 3.63) is 66.1 Å². The van der Waals surface area contributed by atoms with E-state index >= 15 is 0 Å². The van der Waals surface area contributed by atoms with Crippen molar-refractivity contribution in [3.63, 3.8) is 0 Å². The second kappa shape index (κ2) is 9.11. The van der Waals surface area contributed by atoms with Crippen molar-refractivity contribution >= 4 is 16.9 Å². The summed E-state index contributed by atoms with van der Waals surface area (Å²) in [6, 6.07) is 14.1. The summed E-state index contributed by atoms with van der Waals surface area (Å²) in [4.78, 5) is 22.2. The molecule has 0 atom stereocenters. The van der Waals surface area contributed by atoms with E-state index in [9.17, 15) is 4.79 Å². The molecule has 1 aromatic carbocycles. The Morgan fingerprint density at radius 2 is 1.97 bits per heavy atom. The standard InChI is InChI=1S/C26H27N5O2/c1-16-4-3-5-24(30-16)25-22(15-29-31-25)17-6-11-23-21(14-17)20(12-13-28-23)26(32)33-19-9-7-18(27-2)8-10-19/h3-6,11-15,18-19,27H,7-10H2,1-2H3,(H,29,31)/t18-,19-. The average molecular weight is 442 g/mol. The van der Waals surface area contributed by atoms with Crippen LogP contribution in [0.4, 0.5) is 0 Å². The van der Waals surface area contributed by atoms with E-state index in [4.69, 9.17) is 4.74 Å². The van der Waals surface area contributed by atoms with E-state index in [0.29, 0.717) is 11.6 Å². The number of benzene rings is 1. The van der Waals surface area contributed by atoms with Crippen molar-refractivity contribution in [1.82, 2.24) is 25.5 Å². The highest BCUT2D eigenvalue weighted by Crippen LogP contribution is 2.32. The van der Waals surface area contributed by atoms with Crippen LogP contribution >= 0.6 is 0 Å². The van der Waals surface area contributed by atoms with Gasteiger partial charge in [-0.3, -0.25) is 15.1 Å². The maximum atomic E-state index is 13.1. The van der Waals surface area contributed by atoms with E-state index in [1.165, 1.54) is 0 Å². The van der Waals surface area contributed by atoms with Crippen LogP contribution in [0, 0.1) is 6.92 Å². The number of nitrogens with one attached hydrogen (secondary N) is 2. The largest absolute Gasteiger partial charge is 0.459 e. The summed E-state index contributed by atoms with van der Waals surface area (Å²) in [6.07, 6.45) is 7.21. The Balaban J connectivity index is 1.46. The Bertz CT molecular complexity index is 1290. The highest BCUT2D eigenvalue weighted by molar-refractivity contribution is 6.04. The number of pyridine rings is 2. The lowest BCUT2D eigenvalue weighted by molar-refractivity contribution is 0.0190. The first-order valence-corrected chi connectivity index (χ1v) is 11.4. The summed E-state index contributed by atoms with van der Waals surface area (Å²) in [5, 5.41) is 11.4. The number of rotatable bonds is 5. The Morgan fingerprint density at radius 3 is 2.76 bits per heavy atom. The Hall–Kier alpha value is -3.58. The van der Waals surface area contributed by atoms with Gasteiger partial charge in [-0.2, -0.15) is 5.10 Å². The molecule has 7 nitrogen and oxygen atoms in total. The fraction of sp³-hybridized carbons (Fsp3) is 0.308. The van der Waals surface area contributed by atoms with Gasteiger partial charge in [0.2, 0.25) is 0 Å². The zero-order valence-corrected chi connectivity index (χ0v) is 18.8. The third-order valence-corrected chi connectivity index (χ3v) is 6.41. The van der Waals surface area contributed by atoms with Gasteiger partial charge in [-0.25, -0.2) is 4.79 Å². The molecule has 0 radical (unpaired) electrons. The number of esters is 1. The summed E-state index contributed by atoms with van der Waals surface area (Å²) in [5.74, 6) is -0.291. The van der Waals surface area contributed by atoms with Crippen molar-refractivity contribution in [3.8, 4) is 22.5 Å². The number of hydrogen-bond donors (Lipinski definition) is 2. The molecule has 0 aliphatic heterocycles. The normalized spacial score (nSPS) is 18.4. The number of carbonyl (C=O) groups is 1. The van der Waals surface area contributed by atoms with Crippen LogP contribution in [0.5, 0.6) is 0 Å². The van der Waals surface area contributed by atoms with Gasteiger partial charge in [0.1, 0.15) is 6.10 Å². The van der Waals surface area contributed by atoms with Gasteiger partial charge in [0.05, 0.1) is 28.7 Å². The van der Waals surface area contributed by atoms with E-state index < -0.39 is 0 Å². The minimum absolute atomic E-state index is 0.0404. The van der Waals surface area contributed by atoms with Crippen molar-refractivity contribution in [2.45, 2.75) is 44.8 Å². The van der Waals surface area contributed by atoms with Gasteiger partial charge in [0.25, 0.3) is 0 Å². The highest BCUT2D eigenvalue weighted by Gasteiger charge is 2.24. The van der Waals surface area contributed by atoms with Crippen LogP contribution in [0.15, 0.2) is 54.9 Å². The molecule has 0 amide bonds. The van der Waals surface area contributed by atoms with Gasteiger partial charge in [0, 0.05) is 28.9 Å². The molecule has 0 saturated heterocycles. The first kappa shape index (κ1) is 21.3. The molecule has 7 heteroatoms. The maximum absolute atomic E-state index is 13.1. The number of nitrogens with zero attached hydrogens (tertiary/aromatic N) is 3. The number of aromatic amines is 1. The molecular weight excluding hydrogens is 414 g/mol. The maximum Gasteiger partial charge on any atom is 0.339 e. The minimum Gasteiger partial charge on any atom is -0.459 e. The van der Waals surface area contributed by atoms with Crippen molar-refractivity contribution < 1.29 is 9.53 Å². The molecule has 2 N–H and O–H groups in total. The number of ether oxygens (including phenoxy) is 1. The van der Waals surface area contributed by atoms with Gasteiger partial charge in [0.15, 0.2) is 0 Å². The predicted molar refractivity (Wildman–Crippen MR) is 128 cm³/mol. The number of hydrogen-bond acceptors (Lipinski definition) is 6. The van der Waals surface area contributed by atoms with E-state index in [2.05, 4.69) is 25.5 Å². The fourth-order valence-electron chi connectivity index (χ4n) is 4.56. The number of aromatic nitrogens is 4. The third-order valence-electron chi connectivity index (χ3n) is 6.41. The van der Waals surface area contributed by atoms with Crippen molar-refractivity contribution in [2.75, 3.05) is 7.05 Å². The monoisotopic (exact) mass is 441 g/mol. The molecule has 3 aromatic heterocycles. The Kier molecular flexibility index (Phi) is 5.88. The van der Waals surface area contributed by atoms with Crippen LogP contribution < -0.4 is 5.32 Å². The van der Waals surface area contributed by atoms with Crippen LogP contribution in [0.25, 0.3) is 33.4 Å². The molecule has 1 fully saturated rings. The molecular formula is C26H27N5O2. The molecule has 1 aliphatic rings. The van der Waals surface area contributed by atoms with E-state index in [1.807, 2.05) is 50.4 Å². The lowest BCUT2D eigenvalue weighted by atomic mass is 9.93. The van der Waals surface area contributed by atoms with E-state index in [1.54, 1.807) is 18.5 Å². The van der Waals surface area contributed by atoms with Crippen LogP contribution in [-0.4, -0.2) is 45.3 Å². The van der Waals surface area contributed by atoms with Gasteiger partial charge in [-0.05, 0) is 75.5 Å². The lowest BCUT2D eigenvalue weighted by Crippen LogP contribution is -2.33. The lowest BCUT2D eigenvalue weighted by Gasteiger charge is -2.28. The number of carbonyl (C=O) groups excluding carboxylic acids is 1. The summed E-state index contributed by atoms with van der Waals surface area (Å²) >= 11 is 0. The topological polar surface area (TPSA) is 92.8 Å². The molecule has 0 unspecified atom stereocenters. The molecule has 3 heterocycles.